The summed E-state index contributed by atoms with van der Waals surface area (Å²) in [5.74, 6) is -1.71. The molecule has 2 rings (SSSR count). The molecule has 0 bridgehead atoms. The highest BCUT2D eigenvalue weighted by atomic mass is 19.1. The molecule has 0 aliphatic rings. The van der Waals surface area contributed by atoms with Gasteiger partial charge in [-0.1, -0.05) is 0 Å². The van der Waals surface area contributed by atoms with Gasteiger partial charge in [-0.2, -0.15) is 5.10 Å². The largest absolute Gasteiger partial charge is 0.478 e. The minimum Gasteiger partial charge on any atom is -0.478 e. The lowest BCUT2D eigenvalue weighted by Crippen LogP contribution is -2.27. The van der Waals surface area contributed by atoms with E-state index in [1.165, 1.54) is 23.0 Å². The average Bonchev–Trinajstić information content (AvgIpc) is 2.66. The summed E-state index contributed by atoms with van der Waals surface area (Å²) in [6.45, 7) is 0. The highest BCUT2D eigenvalue weighted by Gasteiger charge is 2.19. The van der Waals surface area contributed by atoms with Crippen molar-refractivity contribution in [3.05, 3.63) is 35.0 Å². The van der Waals surface area contributed by atoms with Gasteiger partial charge in [-0.05, 0) is 6.07 Å². The second-order valence-corrected chi connectivity index (χ2v) is 2.85. The molecule has 2 aromatic heterocycles. The molecule has 0 aliphatic carbocycles. The monoisotopic (exact) mass is 211 g/mol. The number of halogens is 1. The Hall–Kier alpha value is -2.18. The van der Waals surface area contributed by atoms with E-state index >= 15 is 0 Å². The van der Waals surface area contributed by atoms with Crippen molar-refractivity contribution in [3.8, 4) is 0 Å². The fourth-order valence-corrected chi connectivity index (χ4v) is 1.23. The SMILES string of the molecule is O=C(O)C(F)n1ccn2nccc2c1=O. The first-order valence-corrected chi connectivity index (χ1v) is 4.02. The van der Waals surface area contributed by atoms with Crippen molar-refractivity contribution in [2.24, 2.45) is 0 Å². The zero-order chi connectivity index (χ0) is 11.0. The summed E-state index contributed by atoms with van der Waals surface area (Å²) in [7, 11) is 0. The van der Waals surface area contributed by atoms with Crippen LogP contribution < -0.4 is 5.56 Å². The molecule has 0 saturated carbocycles. The van der Waals surface area contributed by atoms with E-state index in [1.54, 1.807) is 0 Å². The number of aliphatic carboxylic acids is 1. The molecule has 78 valence electrons. The summed E-state index contributed by atoms with van der Waals surface area (Å²) in [6.07, 6.45) is 1.35. The third-order valence-corrected chi connectivity index (χ3v) is 1.94. The number of rotatable bonds is 2. The van der Waals surface area contributed by atoms with Crippen molar-refractivity contribution in [1.82, 2.24) is 14.2 Å². The first kappa shape index (κ1) is 9.38. The molecular weight excluding hydrogens is 205 g/mol. The van der Waals surface area contributed by atoms with Gasteiger partial charge >= 0.3 is 5.97 Å². The van der Waals surface area contributed by atoms with Crippen molar-refractivity contribution in [1.29, 1.82) is 0 Å². The molecule has 1 unspecified atom stereocenters. The molecule has 2 aromatic rings. The van der Waals surface area contributed by atoms with Crippen LogP contribution in [0.1, 0.15) is 6.30 Å². The van der Waals surface area contributed by atoms with Gasteiger partial charge in [-0.15, -0.1) is 0 Å². The second kappa shape index (κ2) is 3.19. The van der Waals surface area contributed by atoms with Crippen LogP contribution in [0.3, 0.4) is 0 Å². The van der Waals surface area contributed by atoms with Gasteiger partial charge in [0.05, 0.1) is 6.20 Å². The summed E-state index contributed by atoms with van der Waals surface area (Å²) >= 11 is 0. The van der Waals surface area contributed by atoms with Gasteiger partial charge in [0.1, 0.15) is 5.52 Å². The van der Waals surface area contributed by atoms with Gasteiger partial charge in [-0.25, -0.2) is 13.7 Å². The molecule has 0 aliphatic heterocycles. The van der Waals surface area contributed by atoms with Crippen LogP contribution in [-0.2, 0) is 4.79 Å². The van der Waals surface area contributed by atoms with E-state index in [-0.39, 0.29) is 5.52 Å². The minimum absolute atomic E-state index is 0.126. The molecule has 0 amide bonds. The molecule has 7 heteroatoms. The van der Waals surface area contributed by atoms with Gasteiger partial charge in [0.25, 0.3) is 11.9 Å². The second-order valence-electron chi connectivity index (χ2n) is 2.85. The Labute approximate surface area is 82.2 Å². The van der Waals surface area contributed by atoms with Gasteiger partial charge in [0, 0.05) is 12.4 Å². The zero-order valence-corrected chi connectivity index (χ0v) is 7.37. The number of aromatic nitrogens is 3. The lowest BCUT2D eigenvalue weighted by molar-refractivity contribution is -0.146. The lowest BCUT2D eigenvalue weighted by Gasteiger charge is -2.06. The van der Waals surface area contributed by atoms with Crippen molar-refractivity contribution >= 4 is 11.5 Å². The van der Waals surface area contributed by atoms with Crippen molar-refractivity contribution in [2.75, 3.05) is 0 Å². The quantitative estimate of drug-likeness (QED) is 0.761. The number of hydrogen-bond donors (Lipinski definition) is 1. The Morgan fingerprint density at radius 2 is 2.27 bits per heavy atom. The summed E-state index contributed by atoms with van der Waals surface area (Å²) in [5.41, 5.74) is -0.605. The molecule has 0 fully saturated rings. The number of carboxylic acid groups (broad SMARTS) is 1. The minimum atomic E-state index is -2.38. The number of alkyl halides is 1. The highest BCUT2D eigenvalue weighted by Crippen LogP contribution is 2.05. The van der Waals surface area contributed by atoms with Crippen LogP contribution >= 0.6 is 0 Å². The number of nitrogens with zero attached hydrogens (tertiary/aromatic N) is 3. The number of hydrogen-bond acceptors (Lipinski definition) is 3. The third-order valence-electron chi connectivity index (χ3n) is 1.94. The standard InChI is InChI=1S/C8H6FN3O3/c9-6(8(14)15)11-3-4-12-5(7(11)13)1-2-10-12/h1-4,6H,(H,14,15). The Balaban J connectivity index is 2.67. The van der Waals surface area contributed by atoms with E-state index in [9.17, 15) is 14.0 Å². The summed E-state index contributed by atoms with van der Waals surface area (Å²) in [4.78, 5) is 21.9. The Kier molecular flexibility index (Phi) is 2.00. The molecule has 0 aromatic carbocycles. The molecular formula is C8H6FN3O3. The fraction of sp³-hybridized carbons (Fsp3) is 0.125. The first-order chi connectivity index (χ1) is 7.11. The Bertz CT molecular complexity index is 574. The summed E-state index contributed by atoms with van der Waals surface area (Å²) in [5, 5.41) is 12.2. The van der Waals surface area contributed by atoms with Crippen molar-refractivity contribution in [2.45, 2.75) is 6.30 Å². The Morgan fingerprint density at radius 1 is 1.53 bits per heavy atom. The zero-order valence-electron chi connectivity index (χ0n) is 7.37. The first-order valence-electron chi connectivity index (χ1n) is 4.02. The van der Waals surface area contributed by atoms with E-state index in [0.717, 1.165) is 6.20 Å². The number of carboxylic acids is 1. The molecule has 0 radical (unpaired) electrons. The van der Waals surface area contributed by atoms with Gasteiger partial charge in [0.15, 0.2) is 0 Å². The summed E-state index contributed by atoms with van der Waals surface area (Å²) < 4.78 is 14.8. The van der Waals surface area contributed by atoms with Crippen LogP contribution in [0.5, 0.6) is 0 Å². The maximum absolute atomic E-state index is 13.1. The molecule has 1 atom stereocenters. The number of fused-ring (bicyclic) bond motifs is 1. The average molecular weight is 211 g/mol. The van der Waals surface area contributed by atoms with Crippen LogP contribution in [-0.4, -0.2) is 25.3 Å². The lowest BCUT2D eigenvalue weighted by atomic mass is 10.5. The van der Waals surface area contributed by atoms with Crippen molar-refractivity contribution in [3.63, 3.8) is 0 Å². The molecule has 0 spiro atoms. The van der Waals surface area contributed by atoms with E-state index < -0.39 is 17.8 Å². The van der Waals surface area contributed by atoms with Crippen LogP contribution in [0.4, 0.5) is 4.39 Å². The van der Waals surface area contributed by atoms with Crippen LogP contribution in [0.15, 0.2) is 29.5 Å². The van der Waals surface area contributed by atoms with Crippen LogP contribution in [0, 0.1) is 0 Å². The third kappa shape index (κ3) is 1.37. The van der Waals surface area contributed by atoms with Gasteiger partial charge < -0.3 is 5.11 Å². The normalized spacial score (nSPS) is 12.9. The highest BCUT2D eigenvalue weighted by molar-refractivity contribution is 5.70. The van der Waals surface area contributed by atoms with Crippen LogP contribution in [0.2, 0.25) is 0 Å². The smallest absolute Gasteiger partial charge is 0.360 e. The summed E-state index contributed by atoms with van der Waals surface area (Å²) in [6, 6.07) is 1.38. The predicted molar refractivity (Wildman–Crippen MR) is 47.2 cm³/mol. The maximum atomic E-state index is 13.1. The van der Waals surface area contributed by atoms with E-state index in [1.807, 2.05) is 0 Å². The molecule has 2 heterocycles. The number of carbonyl (C=O) groups is 1. The molecule has 0 saturated heterocycles. The maximum Gasteiger partial charge on any atom is 0.360 e. The molecule has 6 nitrogen and oxygen atoms in total. The fourth-order valence-electron chi connectivity index (χ4n) is 1.23. The molecule has 15 heavy (non-hydrogen) atoms. The predicted octanol–water partition coefficient (Wildman–Crippen LogP) is 0.0487. The van der Waals surface area contributed by atoms with Gasteiger partial charge in [-0.3, -0.25) is 9.36 Å². The van der Waals surface area contributed by atoms with E-state index in [0.29, 0.717) is 4.57 Å². The van der Waals surface area contributed by atoms with E-state index in [4.69, 9.17) is 5.11 Å². The van der Waals surface area contributed by atoms with E-state index in [2.05, 4.69) is 5.10 Å². The van der Waals surface area contributed by atoms with Crippen molar-refractivity contribution < 1.29 is 14.3 Å². The van der Waals surface area contributed by atoms with Gasteiger partial charge in [0.2, 0.25) is 0 Å². The van der Waals surface area contributed by atoms with Crippen LogP contribution in [0.25, 0.3) is 5.52 Å². The Morgan fingerprint density at radius 3 is 2.93 bits per heavy atom. The molecule has 1 N–H and O–H groups in total. The topological polar surface area (TPSA) is 76.6 Å².